The number of nitrogens with one attached hydrogen (secondary N) is 1. The number of amides is 1. The highest BCUT2D eigenvalue weighted by Gasteiger charge is 2.22. The molecule has 1 aliphatic rings. The molecule has 0 atom stereocenters. The Kier molecular flexibility index (Phi) is 4.40. The van der Waals surface area contributed by atoms with Gasteiger partial charge in [0.25, 0.3) is 0 Å². The number of sulfonamides is 1. The molecule has 2 aromatic rings. The van der Waals surface area contributed by atoms with Gasteiger partial charge in [-0.15, -0.1) is 0 Å². The smallest absolute Gasteiger partial charge is 0.240 e. The Labute approximate surface area is 135 Å². The van der Waals surface area contributed by atoms with Crippen molar-refractivity contribution in [2.45, 2.75) is 24.3 Å². The average Bonchev–Trinajstić information content (AvgIpc) is 3.00. The minimum Gasteiger partial charge on any atom is -0.312 e. The highest BCUT2D eigenvalue weighted by Crippen LogP contribution is 2.22. The van der Waals surface area contributed by atoms with Gasteiger partial charge in [-0.1, -0.05) is 6.07 Å². The minimum atomic E-state index is -3.61. The van der Waals surface area contributed by atoms with Crippen molar-refractivity contribution < 1.29 is 13.2 Å². The largest absolute Gasteiger partial charge is 0.312 e. The minimum absolute atomic E-state index is 0.0777. The molecule has 23 heavy (non-hydrogen) atoms. The first-order chi connectivity index (χ1) is 11.1. The van der Waals surface area contributed by atoms with Crippen LogP contribution in [0.5, 0.6) is 0 Å². The molecule has 0 radical (unpaired) electrons. The SMILES string of the molecule is O=C1CCCN1c1ccc(S(=O)(=O)NCc2ccccn2)cc1. The Balaban J connectivity index is 1.71. The standard InChI is InChI=1S/C16H17N3O3S/c20-16-5-3-11-19(16)14-6-8-15(9-7-14)23(21,22)18-12-13-4-1-2-10-17-13/h1-2,4,6-10,18H,3,5,11-12H2. The van der Waals surface area contributed by atoms with Gasteiger partial charge in [-0.2, -0.15) is 0 Å². The maximum Gasteiger partial charge on any atom is 0.240 e. The highest BCUT2D eigenvalue weighted by molar-refractivity contribution is 7.89. The summed E-state index contributed by atoms with van der Waals surface area (Å²) in [6, 6.07) is 11.7. The molecule has 3 rings (SSSR count). The Morgan fingerprint density at radius 1 is 1.13 bits per heavy atom. The monoisotopic (exact) mass is 331 g/mol. The van der Waals surface area contributed by atoms with Gasteiger partial charge in [-0.05, 0) is 42.8 Å². The number of hydrogen-bond acceptors (Lipinski definition) is 4. The molecule has 1 aliphatic heterocycles. The molecule has 2 heterocycles. The van der Waals surface area contributed by atoms with Crippen molar-refractivity contribution in [3.05, 3.63) is 54.4 Å². The molecule has 0 aliphatic carbocycles. The number of hydrogen-bond donors (Lipinski definition) is 1. The summed E-state index contributed by atoms with van der Waals surface area (Å²) in [4.78, 5) is 17.6. The molecule has 1 aromatic heterocycles. The predicted octanol–water partition coefficient (Wildman–Crippen LogP) is 1.69. The number of rotatable bonds is 5. The number of anilines is 1. The van der Waals surface area contributed by atoms with Crippen LogP contribution >= 0.6 is 0 Å². The van der Waals surface area contributed by atoms with Gasteiger partial charge >= 0.3 is 0 Å². The summed E-state index contributed by atoms with van der Waals surface area (Å²) in [5, 5.41) is 0. The topological polar surface area (TPSA) is 79.4 Å². The lowest BCUT2D eigenvalue weighted by atomic mass is 10.3. The van der Waals surface area contributed by atoms with E-state index in [0.29, 0.717) is 18.7 Å². The van der Waals surface area contributed by atoms with Gasteiger partial charge in [0.1, 0.15) is 0 Å². The molecule has 1 amide bonds. The van der Waals surface area contributed by atoms with E-state index in [1.165, 1.54) is 12.1 Å². The summed E-state index contributed by atoms with van der Waals surface area (Å²) in [5.41, 5.74) is 1.38. The molecule has 1 fully saturated rings. The van der Waals surface area contributed by atoms with Crippen LogP contribution in [-0.4, -0.2) is 25.9 Å². The average molecular weight is 331 g/mol. The zero-order chi connectivity index (χ0) is 16.3. The molecule has 0 saturated carbocycles. The Hall–Kier alpha value is -2.25. The van der Waals surface area contributed by atoms with E-state index >= 15 is 0 Å². The lowest BCUT2D eigenvalue weighted by Crippen LogP contribution is -2.25. The summed E-state index contributed by atoms with van der Waals surface area (Å²) in [6.45, 7) is 0.818. The van der Waals surface area contributed by atoms with Crippen molar-refractivity contribution in [3.8, 4) is 0 Å². The molecular formula is C16H17N3O3S. The zero-order valence-electron chi connectivity index (χ0n) is 12.5. The molecule has 7 heteroatoms. The van der Waals surface area contributed by atoms with Gasteiger partial charge in [-0.3, -0.25) is 9.78 Å². The van der Waals surface area contributed by atoms with Gasteiger partial charge in [0, 0.05) is 24.8 Å². The maximum atomic E-state index is 12.3. The first kappa shape index (κ1) is 15.6. The number of benzene rings is 1. The Morgan fingerprint density at radius 3 is 2.52 bits per heavy atom. The van der Waals surface area contributed by atoms with Crippen LogP contribution in [0.15, 0.2) is 53.6 Å². The molecule has 0 bridgehead atoms. The van der Waals surface area contributed by atoms with Gasteiger partial charge in [0.15, 0.2) is 0 Å². The van der Waals surface area contributed by atoms with Crippen molar-refractivity contribution in [1.82, 2.24) is 9.71 Å². The van der Waals surface area contributed by atoms with Crippen LogP contribution in [0.2, 0.25) is 0 Å². The summed E-state index contributed by atoms with van der Waals surface area (Å²) in [7, 11) is -3.61. The second kappa shape index (κ2) is 6.47. The lowest BCUT2D eigenvalue weighted by molar-refractivity contribution is -0.117. The molecule has 120 valence electrons. The van der Waals surface area contributed by atoms with E-state index in [-0.39, 0.29) is 17.3 Å². The predicted molar refractivity (Wildman–Crippen MR) is 86.3 cm³/mol. The third kappa shape index (κ3) is 3.57. The number of nitrogens with zero attached hydrogens (tertiary/aromatic N) is 2. The van der Waals surface area contributed by atoms with Crippen molar-refractivity contribution >= 4 is 21.6 Å². The number of pyridine rings is 1. The number of carbonyl (C=O) groups excluding carboxylic acids is 1. The second-order valence-corrected chi connectivity index (χ2v) is 7.06. The van der Waals surface area contributed by atoms with Crippen LogP contribution in [0, 0.1) is 0 Å². The molecular weight excluding hydrogens is 314 g/mol. The third-order valence-electron chi connectivity index (χ3n) is 3.70. The van der Waals surface area contributed by atoms with Crippen LogP contribution in [0.3, 0.4) is 0 Å². The van der Waals surface area contributed by atoms with E-state index in [1.807, 2.05) is 0 Å². The Bertz CT molecular complexity index is 789. The van der Waals surface area contributed by atoms with Crippen LogP contribution in [-0.2, 0) is 21.4 Å². The van der Waals surface area contributed by atoms with Gasteiger partial charge < -0.3 is 4.90 Å². The van der Waals surface area contributed by atoms with Gasteiger partial charge in [0.05, 0.1) is 17.1 Å². The van der Waals surface area contributed by atoms with Crippen LogP contribution < -0.4 is 9.62 Å². The van der Waals surface area contributed by atoms with E-state index in [0.717, 1.165) is 12.1 Å². The summed E-state index contributed by atoms with van der Waals surface area (Å²) >= 11 is 0. The maximum absolute atomic E-state index is 12.3. The van der Waals surface area contributed by atoms with Crippen molar-refractivity contribution in [3.63, 3.8) is 0 Å². The fourth-order valence-electron chi connectivity index (χ4n) is 2.48. The fourth-order valence-corrected chi connectivity index (χ4v) is 3.48. The number of aromatic nitrogens is 1. The van der Waals surface area contributed by atoms with E-state index < -0.39 is 10.0 Å². The van der Waals surface area contributed by atoms with Crippen LogP contribution in [0.4, 0.5) is 5.69 Å². The van der Waals surface area contributed by atoms with E-state index in [9.17, 15) is 13.2 Å². The summed E-state index contributed by atoms with van der Waals surface area (Å²) < 4.78 is 27.1. The molecule has 6 nitrogen and oxygen atoms in total. The molecule has 1 aromatic carbocycles. The zero-order valence-corrected chi connectivity index (χ0v) is 13.3. The van der Waals surface area contributed by atoms with E-state index in [2.05, 4.69) is 9.71 Å². The van der Waals surface area contributed by atoms with Gasteiger partial charge in [0.2, 0.25) is 15.9 Å². The number of carbonyl (C=O) groups is 1. The quantitative estimate of drug-likeness (QED) is 0.904. The second-order valence-electron chi connectivity index (χ2n) is 5.29. The van der Waals surface area contributed by atoms with Gasteiger partial charge in [-0.25, -0.2) is 13.1 Å². The van der Waals surface area contributed by atoms with Crippen LogP contribution in [0.1, 0.15) is 18.5 Å². The molecule has 0 spiro atoms. The lowest BCUT2D eigenvalue weighted by Gasteiger charge is -2.16. The highest BCUT2D eigenvalue weighted by atomic mass is 32.2. The summed E-state index contributed by atoms with van der Waals surface area (Å²) in [6.07, 6.45) is 3.00. The van der Waals surface area contributed by atoms with E-state index in [4.69, 9.17) is 0 Å². The first-order valence-corrected chi connectivity index (χ1v) is 8.84. The fraction of sp³-hybridized carbons (Fsp3) is 0.250. The van der Waals surface area contributed by atoms with E-state index in [1.54, 1.807) is 41.4 Å². The van der Waals surface area contributed by atoms with Crippen molar-refractivity contribution in [2.24, 2.45) is 0 Å². The molecule has 0 unspecified atom stereocenters. The molecule has 1 saturated heterocycles. The Morgan fingerprint density at radius 2 is 1.91 bits per heavy atom. The normalized spacial score (nSPS) is 15.1. The third-order valence-corrected chi connectivity index (χ3v) is 5.12. The summed E-state index contributed by atoms with van der Waals surface area (Å²) in [5.74, 6) is 0.0777. The first-order valence-electron chi connectivity index (χ1n) is 7.36. The van der Waals surface area contributed by atoms with Crippen LogP contribution in [0.25, 0.3) is 0 Å². The molecule has 1 N–H and O–H groups in total. The van der Waals surface area contributed by atoms with Crippen molar-refractivity contribution in [2.75, 3.05) is 11.4 Å². The van der Waals surface area contributed by atoms with Crippen molar-refractivity contribution in [1.29, 1.82) is 0 Å².